The smallest absolute Gasteiger partial charge is 0.409 e. The molecule has 0 saturated carbocycles. The van der Waals surface area contributed by atoms with Gasteiger partial charge in [0.1, 0.15) is 0 Å². The first-order valence-corrected chi connectivity index (χ1v) is 5.67. The molecule has 1 amide bonds. The third-order valence-electron chi connectivity index (χ3n) is 2.90. The summed E-state index contributed by atoms with van der Waals surface area (Å²) in [4.78, 5) is 13.3. The van der Waals surface area contributed by atoms with Crippen molar-refractivity contribution in [3.63, 3.8) is 0 Å². The Kier molecular flexibility index (Phi) is 4.88. The zero-order chi connectivity index (χ0) is 11.3. The number of methoxy groups -OCH3 is 1. The topological polar surface area (TPSA) is 49.8 Å². The van der Waals surface area contributed by atoms with Crippen LogP contribution in [0, 0.1) is 0 Å². The first-order valence-electron chi connectivity index (χ1n) is 5.67. The summed E-state index contributed by atoms with van der Waals surface area (Å²) in [6, 6.07) is 0.139. The molecular weight excluding hydrogens is 194 g/mol. The Morgan fingerprint density at radius 1 is 1.53 bits per heavy atom. The van der Waals surface area contributed by atoms with E-state index in [1.54, 1.807) is 11.8 Å². The van der Waals surface area contributed by atoms with Gasteiger partial charge < -0.3 is 14.7 Å². The van der Waals surface area contributed by atoms with E-state index in [1.165, 1.54) is 7.11 Å². The summed E-state index contributed by atoms with van der Waals surface area (Å²) in [6.45, 7) is 2.52. The molecule has 1 fully saturated rings. The van der Waals surface area contributed by atoms with Crippen molar-refractivity contribution in [1.82, 2.24) is 4.90 Å². The summed E-state index contributed by atoms with van der Waals surface area (Å²) >= 11 is 0. The molecule has 0 radical (unpaired) electrons. The third kappa shape index (κ3) is 3.70. The molecule has 1 aliphatic heterocycles. The Morgan fingerprint density at radius 3 is 2.87 bits per heavy atom. The van der Waals surface area contributed by atoms with E-state index in [0.29, 0.717) is 6.42 Å². The minimum Gasteiger partial charge on any atom is -0.453 e. The average molecular weight is 215 g/mol. The van der Waals surface area contributed by atoms with Crippen LogP contribution in [0.5, 0.6) is 0 Å². The summed E-state index contributed by atoms with van der Waals surface area (Å²) in [6.07, 6.45) is 4.32. The fourth-order valence-corrected chi connectivity index (χ4v) is 2.17. The van der Waals surface area contributed by atoms with Gasteiger partial charge in [0.15, 0.2) is 0 Å². The van der Waals surface area contributed by atoms with Crippen molar-refractivity contribution in [3.8, 4) is 0 Å². The highest BCUT2D eigenvalue weighted by molar-refractivity contribution is 5.67. The van der Waals surface area contributed by atoms with Gasteiger partial charge in [-0.25, -0.2) is 4.79 Å². The number of nitrogens with zero attached hydrogens (tertiary/aromatic N) is 1. The quantitative estimate of drug-likeness (QED) is 0.763. The largest absolute Gasteiger partial charge is 0.453 e. The lowest BCUT2D eigenvalue weighted by molar-refractivity contribution is 0.0839. The summed E-state index contributed by atoms with van der Waals surface area (Å²) in [5.41, 5.74) is 0. The molecule has 1 saturated heterocycles. The third-order valence-corrected chi connectivity index (χ3v) is 2.90. The van der Waals surface area contributed by atoms with Crippen LogP contribution in [0.4, 0.5) is 4.79 Å². The fourth-order valence-electron chi connectivity index (χ4n) is 2.17. The van der Waals surface area contributed by atoms with Gasteiger partial charge in [0.2, 0.25) is 0 Å². The maximum atomic E-state index is 11.5. The molecule has 1 N–H and O–H groups in total. The number of carbonyl (C=O) groups is 1. The van der Waals surface area contributed by atoms with Gasteiger partial charge in [-0.3, -0.25) is 0 Å². The van der Waals surface area contributed by atoms with Crippen LogP contribution in [-0.4, -0.2) is 41.9 Å². The number of hydrogen-bond acceptors (Lipinski definition) is 3. The number of rotatable bonds is 2. The summed E-state index contributed by atoms with van der Waals surface area (Å²) in [5.74, 6) is 0. The van der Waals surface area contributed by atoms with Crippen molar-refractivity contribution in [1.29, 1.82) is 0 Å². The van der Waals surface area contributed by atoms with E-state index in [1.807, 2.05) is 0 Å². The van der Waals surface area contributed by atoms with Gasteiger partial charge in [-0.15, -0.1) is 0 Å². The molecule has 4 nitrogen and oxygen atoms in total. The predicted molar refractivity (Wildman–Crippen MR) is 57.7 cm³/mol. The van der Waals surface area contributed by atoms with Crippen molar-refractivity contribution >= 4 is 6.09 Å². The molecule has 2 atom stereocenters. The highest BCUT2D eigenvalue weighted by Crippen LogP contribution is 2.21. The van der Waals surface area contributed by atoms with Gasteiger partial charge in [0.25, 0.3) is 0 Å². The van der Waals surface area contributed by atoms with Crippen molar-refractivity contribution in [2.45, 2.75) is 51.2 Å². The maximum Gasteiger partial charge on any atom is 0.409 e. The summed E-state index contributed by atoms with van der Waals surface area (Å²) in [7, 11) is 1.41. The molecule has 1 heterocycles. The van der Waals surface area contributed by atoms with E-state index in [-0.39, 0.29) is 18.2 Å². The van der Waals surface area contributed by atoms with Crippen LogP contribution in [0.2, 0.25) is 0 Å². The Morgan fingerprint density at radius 2 is 2.27 bits per heavy atom. The molecule has 88 valence electrons. The zero-order valence-electron chi connectivity index (χ0n) is 9.61. The fraction of sp³-hybridized carbons (Fsp3) is 0.909. The molecule has 0 bridgehead atoms. The van der Waals surface area contributed by atoms with Gasteiger partial charge in [0.05, 0.1) is 13.2 Å². The summed E-state index contributed by atoms with van der Waals surface area (Å²) < 4.78 is 4.76. The van der Waals surface area contributed by atoms with Gasteiger partial charge >= 0.3 is 6.09 Å². The molecular formula is C11H21NO3. The average Bonchev–Trinajstić information content (AvgIpc) is 2.41. The Labute approximate surface area is 91.2 Å². The second-order valence-electron chi connectivity index (χ2n) is 4.25. The lowest BCUT2D eigenvalue weighted by Gasteiger charge is -2.29. The Balaban J connectivity index is 2.62. The highest BCUT2D eigenvalue weighted by Gasteiger charge is 2.26. The van der Waals surface area contributed by atoms with Crippen LogP contribution >= 0.6 is 0 Å². The van der Waals surface area contributed by atoms with Crippen LogP contribution in [0.3, 0.4) is 0 Å². The monoisotopic (exact) mass is 215 g/mol. The molecule has 2 unspecified atom stereocenters. The second-order valence-corrected chi connectivity index (χ2v) is 4.25. The zero-order valence-corrected chi connectivity index (χ0v) is 9.61. The lowest BCUT2D eigenvalue weighted by Crippen LogP contribution is -2.41. The van der Waals surface area contributed by atoms with E-state index >= 15 is 0 Å². The molecule has 15 heavy (non-hydrogen) atoms. The number of amides is 1. The van der Waals surface area contributed by atoms with Crippen LogP contribution in [-0.2, 0) is 4.74 Å². The molecule has 4 heteroatoms. The molecule has 1 rings (SSSR count). The molecule has 0 aromatic rings. The van der Waals surface area contributed by atoms with Crippen molar-refractivity contribution in [2.24, 2.45) is 0 Å². The number of carbonyl (C=O) groups excluding carboxylic acids is 1. The van der Waals surface area contributed by atoms with Crippen molar-refractivity contribution < 1.29 is 14.6 Å². The standard InChI is InChI=1S/C11H21NO3/c1-9(13)8-10-6-4-3-5-7-12(10)11(14)15-2/h9-10,13H,3-8H2,1-2H3. The van der Waals surface area contributed by atoms with Crippen molar-refractivity contribution in [2.75, 3.05) is 13.7 Å². The lowest BCUT2D eigenvalue weighted by atomic mass is 10.0. The molecule has 0 aromatic heterocycles. The van der Waals surface area contributed by atoms with Gasteiger partial charge in [0, 0.05) is 12.6 Å². The Bertz CT molecular complexity index is 206. The molecule has 0 aliphatic carbocycles. The van der Waals surface area contributed by atoms with E-state index < -0.39 is 0 Å². The van der Waals surface area contributed by atoms with Gasteiger partial charge in [-0.1, -0.05) is 12.8 Å². The number of aliphatic hydroxyl groups excluding tert-OH is 1. The normalized spacial score (nSPS) is 24.5. The minimum atomic E-state index is -0.361. The number of likely N-dealkylation sites (tertiary alicyclic amines) is 1. The first kappa shape index (κ1) is 12.3. The number of aliphatic hydroxyl groups is 1. The molecule has 0 aromatic carbocycles. The minimum absolute atomic E-state index is 0.139. The molecule has 0 spiro atoms. The maximum absolute atomic E-state index is 11.5. The van der Waals surface area contributed by atoms with Crippen LogP contribution in [0.1, 0.15) is 39.0 Å². The SMILES string of the molecule is COC(=O)N1CCCCCC1CC(C)O. The van der Waals surface area contributed by atoms with Crippen LogP contribution < -0.4 is 0 Å². The van der Waals surface area contributed by atoms with E-state index in [0.717, 1.165) is 32.2 Å². The molecule has 1 aliphatic rings. The van der Waals surface area contributed by atoms with Crippen LogP contribution in [0.25, 0.3) is 0 Å². The predicted octanol–water partition coefficient (Wildman–Crippen LogP) is 1.77. The Hall–Kier alpha value is -0.770. The first-order chi connectivity index (χ1) is 7.15. The number of ether oxygens (including phenoxy) is 1. The van der Waals surface area contributed by atoms with E-state index in [4.69, 9.17) is 4.74 Å². The van der Waals surface area contributed by atoms with Gasteiger partial charge in [-0.2, -0.15) is 0 Å². The van der Waals surface area contributed by atoms with Crippen LogP contribution in [0.15, 0.2) is 0 Å². The van der Waals surface area contributed by atoms with Gasteiger partial charge in [-0.05, 0) is 26.2 Å². The second kappa shape index (κ2) is 5.95. The highest BCUT2D eigenvalue weighted by atomic mass is 16.5. The number of hydrogen-bond donors (Lipinski definition) is 1. The van der Waals surface area contributed by atoms with E-state index in [9.17, 15) is 9.90 Å². The van der Waals surface area contributed by atoms with Crippen molar-refractivity contribution in [3.05, 3.63) is 0 Å². The summed E-state index contributed by atoms with van der Waals surface area (Å²) in [5, 5.41) is 9.39. The van der Waals surface area contributed by atoms with E-state index in [2.05, 4.69) is 0 Å².